The molecule has 0 aliphatic rings. The fourth-order valence-corrected chi connectivity index (χ4v) is 1.99. The predicted octanol–water partition coefficient (Wildman–Crippen LogP) is 1.99. The molecule has 0 aliphatic heterocycles. The number of hydrogen-bond donors (Lipinski definition) is 1. The van der Waals surface area contributed by atoms with E-state index >= 15 is 0 Å². The average Bonchev–Trinajstić information content (AvgIpc) is 2.46. The smallest absolute Gasteiger partial charge is 0.261 e. The lowest BCUT2D eigenvalue weighted by Crippen LogP contribution is -2.22. The van der Waals surface area contributed by atoms with Crippen LogP contribution in [0.4, 0.5) is 0 Å². The number of aromatic amines is 1. The van der Waals surface area contributed by atoms with Crippen LogP contribution in [0.2, 0.25) is 0 Å². The summed E-state index contributed by atoms with van der Waals surface area (Å²) in [6, 6.07) is 0. The zero-order chi connectivity index (χ0) is 11.2. The summed E-state index contributed by atoms with van der Waals surface area (Å²) < 4.78 is 4.16. The van der Waals surface area contributed by atoms with Gasteiger partial charge in [-0.1, -0.05) is 20.8 Å². The highest BCUT2D eigenvalue weighted by atomic mass is 32.1. The van der Waals surface area contributed by atoms with E-state index in [1.54, 1.807) is 0 Å². The molecule has 0 saturated heterocycles. The van der Waals surface area contributed by atoms with Crippen molar-refractivity contribution >= 4 is 22.6 Å². The molecule has 0 aromatic carbocycles. The molecule has 0 radical (unpaired) electrons. The number of nitrogens with one attached hydrogen (secondary N) is 1. The Kier molecular flexibility index (Phi) is 2.15. The normalized spacial score (nSPS) is 12.3. The lowest BCUT2D eigenvalue weighted by atomic mass is 9.96. The third kappa shape index (κ3) is 1.67. The maximum Gasteiger partial charge on any atom is 0.261 e. The van der Waals surface area contributed by atoms with Crippen LogP contribution in [0.25, 0.3) is 11.0 Å². The van der Waals surface area contributed by atoms with Crippen molar-refractivity contribution in [3.8, 4) is 0 Å². The first-order valence-corrected chi connectivity index (χ1v) is 5.54. The first-order chi connectivity index (χ1) is 6.89. The zero-order valence-corrected chi connectivity index (χ0v) is 10.0. The first kappa shape index (κ1) is 10.3. The Labute approximate surface area is 91.5 Å². The quantitative estimate of drug-likeness (QED) is 0.743. The van der Waals surface area contributed by atoms with Crippen LogP contribution in [-0.4, -0.2) is 14.3 Å². The highest BCUT2D eigenvalue weighted by molar-refractivity contribution is 7.07. The van der Waals surface area contributed by atoms with Gasteiger partial charge in [0.25, 0.3) is 5.56 Å². The van der Waals surface area contributed by atoms with E-state index in [2.05, 4.69) is 14.3 Å². The molecule has 1 N–H and O–H groups in total. The van der Waals surface area contributed by atoms with E-state index in [1.165, 1.54) is 11.5 Å². The Bertz CT molecular complexity index is 562. The largest absolute Gasteiger partial charge is 0.309 e. The maximum atomic E-state index is 11.8. The van der Waals surface area contributed by atoms with Crippen molar-refractivity contribution < 1.29 is 0 Å². The zero-order valence-electron chi connectivity index (χ0n) is 9.21. The SMILES string of the molecule is Cc1snc2nc(C(C)(C)C)[nH]c(=O)c12. The van der Waals surface area contributed by atoms with Crippen LogP contribution in [0.15, 0.2) is 4.79 Å². The Morgan fingerprint density at radius 2 is 2.00 bits per heavy atom. The van der Waals surface area contributed by atoms with Gasteiger partial charge in [0, 0.05) is 10.3 Å². The number of nitrogens with zero attached hydrogens (tertiary/aromatic N) is 2. The van der Waals surface area contributed by atoms with Crippen LogP contribution in [0.3, 0.4) is 0 Å². The monoisotopic (exact) mass is 223 g/mol. The van der Waals surface area contributed by atoms with Crippen LogP contribution >= 0.6 is 11.5 Å². The number of rotatable bonds is 0. The van der Waals surface area contributed by atoms with E-state index in [4.69, 9.17) is 0 Å². The van der Waals surface area contributed by atoms with Gasteiger partial charge in [0.1, 0.15) is 5.82 Å². The second-order valence-electron chi connectivity index (χ2n) is 4.60. The third-order valence-electron chi connectivity index (χ3n) is 2.23. The number of H-pyrrole nitrogens is 1. The molecule has 2 aromatic heterocycles. The number of fused-ring (bicyclic) bond motifs is 1. The minimum atomic E-state index is -0.162. The molecule has 0 bridgehead atoms. The molecule has 5 heteroatoms. The Balaban J connectivity index is 2.81. The van der Waals surface area contributed by atoms with E-state index in [0.717, 1.165) is 4.88 Å². The van der Waals surface area contributed by atoms with Crippen molar-refractivity contribution in [2.24, 2.45) is 0 Å². The molecule has 0 fully saturated rings. The van der Waals surface area contributed by atoms with Gasteiger partial charge in [0.05, 0.1) is 5.39 Å². The maximum absolute atomic E-state index is 11.8. The van der Waals surface area contributed by atoms with Crippen molar-refractivity contribution in [1.29, 1.82) is 0 Å². The summed E-state index contributed by atoms with van der Waals surface area (Å²) in [7, 11) is 0. The average molecular weight is 223 g/mol. The van der Waals surface area contributed by atoms with Crippen molar-refractivity contribution in [2.75, 3.05) is 0 Å². The number of aryl methyl sites for hydroxylation is 1. The van der Waals surface area contributed by atoms with Gasteiger partial charge in [-0.25, -0.2) is 4.98 Å². The minimum absolute atomic E-state index is 0.0869. The van der Waals surface area contributed by atoms with E-state index < -0.39 is 0 Å². The molecule has 0 aliphatic carbocycles. The molecule has 0 atom stereocenters. The highest BCUT2D eigenvalue weighted by Gasteiger charge is 2.19. The third-order valence-corrected chi connectivity index (χ3v) is 2.97. The molecule has 80 valence electrons. The molecule has 0 unspecified atom stereocenters. The lowest BCUT2D eigenvalue weighted by Gasteiger charge is -2.16. The topological polar surface area (TPSA) is 58.6 Å². The fourth-order valence-electron chi connectivity index (χ4n) is 1.36. The van der Waals surface area contributed by atoms with Crippen LogP contribution < -0.4 is 5.56 Å². The van der Waals surface area contributed by atoms with Gasteiger partial charge in [-0.3, -0.25) is 4.79 Å². The summed E-state index contributed by atoms with van der Waals surface area (Å²) in [6.07, 6.45) is 0. The van der Waals surface area contributed by atoms with E-state index in [0.29, 0.717) is 16.9 Å². The standard InChI is InChI=1S/C10H13N3OS/c1-5-6-7(13-15-5)11-9(10(2,3)4)12-8(6)14/h1-4H3,(H,11,12,13,14). The minimum Gasteiger partial charge on any atom is -0.309 e. The van der Waals surface area contributed by atoms with Crippen LogP contribution in [0, 0.1) is 6.92 Å². The molecule has 0 spiro atoms. The van der Waals surface area contributed by atoms with E-state index in [9.17, 15) is 4.79 Å². The molecule has 4 nitrogen and oxygen atoms in total. The molecule has 15 heavy (non-hydrogen) atoms. The van der Waals surface area contributed by atoms with Gasteiger partial charge in [-0.2, -0.15) is 4.37 Å². The molecule has 0 saturated carbocycles. The van der Waals surface area contributed by atoms with E-state index in [1.807, 2.05) is 27.7 Å². The molecule has 2 aromatic rings. The molecular weight excluding hydrogens is 210 g/mol. The summed E-state index contributed by atoms with van der Waals surface area (Å²) >= 11 is 1.32. The van der Waals surface area contributed by atoms with Gasteiger partial charge in [-0.05, 0) is 18.5 Å². The van der Waals surface area contributed by atoms with Gasteiger partial charge in [-0.15, -0.1) is 0 Å². The van der Waals surface area contributed by atoms with Crippen molar-refractivity contribution in [3.63, 3.8) is 0 Å². The highest BCUT2D eigenvalue weighted by Crippen LogP contribution is 2.20. The van der Waals surface area contributed by atoms with Gasteiger partial charge in [0.15, 0.2) is 5.65 Å². The van der Waals surface area contributed by atoms with Crippen molar-refractivity contribution in [1.82, 2.24) is 14.3 Å². The summed E-state index contributed by atoms with van der Waals surface area (Å²) in [6.45, 7) is 7.91. The molecule has 2 rings (SSSR count). The fraction of sp³-hybridized carbons (Fsp3) is 0.500. The van der Waals surface area contributed by atoms with Gasteiger partial charge >= 0.3 is 0 Å². The van der Waals surface area contributed by atoms with Crippen LogP contribution in [0.5, 0.6) is 0 Å². The second-order valence-corrected chi connectivity index (χ2v) is 5.58. The Morgan fingerprint density at radius 3 is 2.60 bits per heavy atom. The van der Waals surface area contributed by atoms with Crippen molar-refractivity contribution in [2.45, 2.75) is 33.1 Å². The van der Waals surface area contributed by atoms with E-state index in [-0.39, 0.29) is 11.0 Å². The van der Waals surface area contributed by atoms with Gasteiger partial charge in [0.2, 0.25) is 0 Å². The summed E-state index contributed by atoms with van der Waals surface area (Å²) in [4.78, 5) is 19.9. The lowest BCUT2D eigenvalue weighted by molar-refractivity contribution is 0.546. The summed E-state index contributed by atoms with van der Waals surface area (Å²) in [5, 5.41) is 0.619. The summed E-state index contributed by atoms with van der Waals surface area (Å²) in [5.41, 5.74) is 0.313. The summed E-state index contributed by atoms with van der Waals surface area (Å²) in [5.74, 6) is 0.685. The van der Waals surface area contributed by atoms with Crippen LogP contribution in [0.1, 0.15) is 31.5 Å². The van der Waals surface area contributed by atoms with Crippen LogP contribution in [-0.2, 0) is 5.41 Å². The molecule has 2 heterocycles. The Morgan fingerprint density at radius 1 is 1.33 bits per heavy atom. The number of hydrogen-bond acceptors (Lipinski definition) is 4. The first-order valence-electron chi connectivity index (χ1n) is 4.76. The number of aromatic nitrogens is 3. The molecular formula is C10H13N3OS. The van der Waals surface area contributed by atoms with Crippen molar-refractivity contribution in [3.05, 3.63) is 21.1 Å². The second kappa shape index (κ2) is 3.13. The van der Waals surface area contributed by atoms with Gasteiger partial charge < -0.3 is 4.98 Å². The predicted molar refractivity (Wildman–Crippen MR) is 61.5 cm³/mol. The Hall–Kier alpha value is -1.23. The molecule has 0 amide bonds.